The van der Waals surface area contributed by atoms with E-state index >= 15 is 0 Å². The molecule has 4 nitrogen and oxygen atoms in total. The third kappa shape index (κ3) is 3.32. The highest BCUT2D eigenvalue weighted by molar-refractivity contribution is 5.90. The summed E-state index contributed by atoms with van der Waals surface area (Å²) in [6, 6.07) is 9.71. The molecular formula is C17H23N3O. The maximum atomic E-state index is 12.6. The number of benzene rings is 1. The van der Waals surface area contributed by atoms with E-state index in [4.69, 9.17) is 5.73 Å². The predicted octanol–water partition coefficient (Wildman–Crippen LogP) is 3.14. The predicted molar refractivity (Wildman–Crippen MR) is 85.2 cm³/mol. The molecule has 0 atom stereocenters. The summed E-state index contributed by atoms with van der Waals surface area (Å²) in [6.07, 6.45) is 2.26. The van der Waals surface area contributed by atoms with Crippen LogP contribution in [0.3, 0.4) is 0 Å². The van der Waals surface area contributed by atoms with E-state index in [0.717, 1.165) is 11.3 Å². The van der Waals surface area contributed by atoms with Crippen molar-refractivity contribution in [1.29, 1.82) is 0 Å². The van der Waals surface area contributed by atoms with Crippen LogP contribution in [0, 0.1) is 0 Å². The first-order valence-electron chi connectivity index (χ1n) is 7.24. The van der Waals surface area contributed by atoms with Crippen LogP contribution in [0.1, 0.15) is 45.0 Å². The number of ketones is 1. The van der Waals surface area contributed by atoms with Gasteiger partial charge in [0.15, 0.2) is 0 Å². The van der Waals surface area contributed by atoms with Gasteiger partial charge in [-0.25, -0.2) is 0 Å². The maximum Gasteiger partial charge on any atom is 0.148 e. The fourth-order valence-electron chi connectivity index (χ4n) is 2.21. The van der Waals surface area contributed by atoms with Gasteiger partial charge in [0.25, 0.3) is 0 Å². The number of Topliss-reactive ketones (excluding diaryl/α,β-unsaturated/α-hetero) is 1. The minimum Gasteiger partial charge on any atom is -0.399 e. The maximum absolute atomic E-state index is 12.6. The van der Waals surface area contributed by atoms with Crippen molar-refractivity contribution in [2.45, 2.75) is 45.6 Å². The Morgan fingerprint density at radius 3 is 2.38 bits per heavy atom. The number of nitrogens with zero attached hydrogens (tertiary/aromatic N) is 2. The Balaban J connectivity index is 2.15. The summed E-state index contributed by atoms with van der Waals surface area (Å²) in [5.74, 6) is 0.154. The van der Waals surface area contributed by atoms with Gasteiger partial charge in [-0.3, -0.25) is 9.48 Å². The molecule has 112 valence electrons. The number of hydrogen-bond acceptors (Lipinski definition) is 3. The molecular weight excluding hydrogens is 262 g/mol. The average molecular weight is 285 g/mol. The zero-order chi connectivity index (χ0) is 15.6. The molecule has 1 aromatic heterocycles. The lowest BCUT2D eigenvalue weighted by Crippen LogP contribution is -2.30. The van der Waals surface area contributed by atoms with Gasteiger partial charge in [-0.2, -0.15) is 5.10 Å². The molecule has 1 aromatic carbocycles. The highest BCUT2D eigenvalue weighted by Crippen LogP contribution is 2.26. The molecule has 2 aromatic rings. The van der Waals surface area contributed by atoms with Crippen molar-refractivity contribution in [1.82, 2.24) is 9.78 Å². The van der Waals surface area contributed by atoms with Gasteiger partial charge in [-0.15, -0.1) is 0 Å². The van der Waals surface area contributed by atoms with Crippen molar-refractivity contribution in [2.75, 3.05) is 5.73 Å². The van der Waals surface area contributed by atoms with Gasteiger partial charge in [0.2, 0.25) is 0 Å². The van der Waals surface area contributed by atoms with Crippen molar-refractivity contribution >= 4 is 11.5 Å². The number of anilines is 1. The topological polar surface area (TPSA) is 60.9 Å². The number of nitrogens with two attached hydrogens (primary N) is 1. The summed E-state index contributed by atoms with van der Waals surface area (Å²) >= 11 is 0. The number of carbonyl (C=O) groups excluding carboxylic acids is 1. The van der Waals surface area contributed by atoms with Crippen LogP contribution < -0.4 is 5.73 Å². The summed E-state index contributed by atoms with van der Waals surface area (Å²) in [5, 5.41) is 4.45. The minimum absolute atomic E-state index is 0.154. The van der Waals surface area contributed by atoms with E-state index in [1.807, 2.05) is 55.1 Å². The van der Waals surface area contributed by atoms with E-state index in [9.17, 15) is 4.79 Å². The zero-order valence-electron chi connectivity index (χ0n) is 13.1. The molecule has 4 heteroatoms. The summed E-state index contributed by atoms with van der Waals surface area (Å²) in [4.78, 5) is 12.6. The molecule has 0 unspecified atom stereocenters. The van der Waals surface area contributed by atoms with E-state index < -0.39 is 5.41 Å². The molecule has 0 saturated heterocycles. The molecule has 0 saturated carbocycles. The number of aromatic nitrogens is 2. The zero-order valence-corrected chi connectivity index (χ0v) is 13.1. The Bertz CT molecular complexity index is 624. The van der Waals surface area contributed by atoms with Gasteiger partial charge < -0.3 is 5.73 Å². The van der Waals surface area contributed by atoms with Crippen LogP contribution in [0.2, 0.25) is 0 Å². The number of hydrogen-bond donors (Lipinski definition) is 1. The van der Waals surface area contributed by atoms with E-state index in [2.05, 4.69) is 18.9 Å². The molecule has 0 aliphatic heterocycles. The van der Waals surface area contributed by atoms with Crippen LogP contribution in [0.4, 0.5) is 5.69 Å². The SMILES string of the molecule is CC(C)n1ccc(CC(=O)C(C)(C)c2ccc(N)cc2)n1. The average Bonchev–Trinajstić information content (AvgIpc) is 2.88. The quantitative estimate of drug-likeness (QED) is 0.858. The normalized spacial score (nSPS) is 11.9. The number of nitrogen functional groups attached to an aromatic ring is 1. The van der Waals surface area contributed by atoms with Crippen molar-refractivity contribution in [2.24, 2.45) is 0 Å². The van der Waals surface area contributed by atoms with E-state index in [1.165, 1.54) is 0 Å². The fraction of sp³-hybridized carbons (Fsp3) is 0.412. The van der Waals surface area contributed by atoms with Crippen LogP contribution in [-0.4, -0.2) is 15.6 Å². The molecule has 0 amide bonds. The standard InChI is InChI=1S/C17H23N3O/c1-12(2)20-10-9-15(19-20)11-16(21)17(3,4)13-5-7-14(18)8-6-13/h5-10,12H,11,18H2,1-4H3. The van der Waals surface area contributed by atoms with Crippen LogP contribution in [0.25, 0.3) is 0 Å². The van der Waals surface area contributed by atoms with Crippen molar-refractivity contribution in [3.05, 3.63) is 47.8 Å². The van der Waals surface area contributed by atoms with Crippen molar-refractivity contribution in [3.8, 4) is 0 Å². The first kappa shape index (κ1) is 15.3. The monoisotopic (exact) mass is 285 g/mol. The molecule has 0 radical (unpaired) electrons. The lowest BCUT2D eigenvalue weighted by molar-refractivity contribution is -0.122. The van der Waals surface area contributed by atoms with E-state index in [-0.39, 0.29) is 5.78 Å². The summed E-state index contributed by atoms with van der Waals surface area (Å²) < 4.78 is 1.87. The minimum atomic E-state index is -0.546. The fourth-order valence-corrected chi connectivity index (χ4v) is 2.21. The highest BCUT2D eigenvalue weighted by Gasteiger charge is 2.29. The Labute approximate surface area is 126 Å². The molecule has 0 bridgehead atoms. The van der Waals surface area contributed by atoms with Gasteiger partial charge in [-0.05, 0) is 51.5 Å². The van der Waals surface area contributed by atoms with E-state index in [0.29, 0.717) is 18.2 Å². The van der Waals surface area contributed by atoms with Gasteiger partial charge in [-0.1, -0.05) is 12.1 Å². The summed E-state index contributed by atoms with van der Waals surface area (Å²) in [7, 11) is 0. The summed E-state index contributed by atoms with van der Waals surface area (Å²) in [5.41, 5.74) is 7.66. The Hall–Kier alpha value is -2.10. The molecule has 2 rings (SSSR count). The second-order valence-corrected chi connectivity index (χ2v) is 6.23. The van der Waals surface area contributed by atoms with Crippen molar-refractivity contribution in [3.63, 3.8) is 0 Å². The third-order valence-electron chi connectivity index (χ3n) is 3.86. The van der Waals surface area contributed by atoms with E-state index in [1.54, 1.807) is 0 Å². The number of carbonyl (C=O) groups is 1. The lowest BCUT2D eigenvalue weighted by Gasteiger charge is -2.23. The molecule has 0 aliphatic carbocycles. The second kappa shape index (κ2) is 5.72. The Morgan fingerprint density at radius 1 is 1.24 bits per heavy atom. The van der Waals surface area contributed by atoms with Gasteiger partial charge in [0.1, 0.15) is 5.78 Å². The summed E-state index contributed by atoms with van der Waals surface area (Å²) in [6.45, 7) is 8.02. The molecule has 0 spiro atoms. The lowest BCUT2D eigenvalue weighted by atomic mass is 9.79. The Morgan fingerprint density at radius 2 is 1.86 bits per heavy atom. The second-order valence-electron chi connectivity index (χ2n) is 6.23. The highest BCUT2D eigenvalue weighted by atomic mass is 16.1. The van der Waals surface area contributed by atoms with Gasteiger partial charge >= 0.3 is 0 Å². The van der Waals surface area contributed by atoms with Crippen LogP contribution in [0.15, 0.2) is 36.5 Å². The van der Waals surface area contributed by atoms with Crippen LogP contribution >= 0.6 is 0 Å². The van der Waals surface area contributed by atoms with Crippen LogP contribution in [0.5, 0.6) is 0 Å². The van der Waals surface area contributed by atoms with Crippen LogP contribution in [-0.2, 0) is 16.6 Å². The molecule has 0 aliphatic rings. The van der Waals surface area contributed by atoms with Gasteiger partial charge in [0, 0.05) is 23.3 Å². The largest absolute Gasteiger partial charge is 0.399 e. The first-order valence-corrected chi connectivity index (χ1v) is 7.24. The van der Waals surface area contributed by atoms with Gasteiger partial charge in [0.05, 0.1) is 12.1 Å². The first-order chi connectivity index (χ1) is 9.80. The molecule has 0 fully saturated rings. The molecule has 21 heavy (non-hydrogen) atoms. The number of rotatable bonds is 5. The smallest absolute Gasteiger partial charge is 0.148 e. The molecule has 1 heterocycles. The third-order valence-corrected chi connectivity index (χ3v) is 3.86. The Kier molecular flexibility index (Phi) is 4.16. The van der Waals surface area contributed by atoms with Crippen molar-refractivity contribution < 1.29 is 4.79 Å². The molecule has 2 N–H and O–H groups in total.